The quantitative estimate of drug-likeness (QED) is 0.825. The molecule has 8 nitrogen and oxygen atoms in total. The Morgan fingerprint density at radius 2 is 1.96 bits per heavy atom. The minimum atomic E-state index is -1.52. The molecule has 0 saturated carbocycles. The summed E-state index contributed by atoms with van der Waals surface area (Å²) in [5.41, 5.74) is -1.90. The second kappa shape index (κ2) is 6.44. The lowest BCUT2D eigenvalue weighted by Crippen LogP contribution is -2.55. The number of aromatic nitrogens is 2. The molecule has 0 radical (unpaired) electrons. The van der Waals surface area contributed by atoms with Gasteiger partial charge < -0.3 is 15.2 Å². The molecule has 25 heavy (non-hydrogen) atoms. The zero-order valence-electron chi connectivity index (χ0n) is 12.9. The summed E-state index contributed by atoms with van der Waals surface area (Å²) in [6, 6.07) is 7.33. The van der Waals surface area contributed by atoms with Crippen LogP contribution in [0.5, 0.6) is 0 Å². The van der Waals surface area contributed by atoms with Gasteiger partial charge in [-0.05, 0) is 30.3 Å². The summed E-state index contributed by atoms with van der Waals surface area (Å²) in [5.74, 6) is -2.43. The Morgan fingerprint density at radius 3 is 2.56 bits per heavy atom. The van der Waals surface area contributed by atoms with Crippen LogP contribution in [-0.2, 0) is 9.53 Å². The maximum atomic E-state index is 13.0. The summed E-state index contributed by atoms with van der Waals surface area (Å²) in [4.78, 5) is 35.8. The van der Waals surface area contributed by atoms with Crippen molar-refractivity contribution in [2.75, 3.05) is 13.2 Å². The largest absolute Gasteiger partial charge is 0.479 e. The van der Waals surface area contributed by atoms with Gasteiger partial charge in [-0.1, -0.05) is 0 Å². The number of hydrogen-bond acceptors (Lipinski definition) is 5. The molecule has 1 fully saturated rings. The minimum absolute atomic E-state index is 0.131. The van der Waals surface area contributed by atoms with Gasteiger partial charge >= 0.3 is 5.97 Å². The van der Waals surface area contributed by atoms with E-state index in [1.54, 1.807) is 0 Å². The molecule has 1 aromatic carbocycles. The van der Waals surface area contributed by atoms with E-state index in [-0.39, 0.29) is 31.0 Å². The zero-order valence-corrected chi connectivity index (χ0v) is 12.9. The third kappa shape index (κ3) is 3.26. The lowest BCUT2D eigenvalue weighted by Gasteiger charge is -2.23. The van der Waals surface area contributed by atoms with Gasteiger partial charge in [0.05, 0.1) is 12.3 Å². The maximum Gasteiger partial charge on any atom is 0.331 e. The molecule has 1 aliphatic heterocycles. The maximum absolute atomic E-state index is 13.0. The number of carbonyl (C=O) groups is 2. The van der Waals surface area contributed by atoms with Gasteiger partial charge in [-0.2, -0.15) is 9.78 Å². The van der Waals surface area contributed by atoms with Crippen molar-refractivity contribution in [3.8, 4) is 5.69 Å². The van der Waals surface area contributed by atoms with Crippen molar-refractivity contribution in [2.24, 2.45) is 0 Å². The molecule has 2 N–H and O–H groups in total. The van der Waals surface area contributed by atoms with Crippen LogP contribution in [0.25, 0.3) is 5.69 Å². The van der Waals surface area contributed by atoms with E-state index in [1.165, 1.54) is 18.2 Å². The highest BCUT2D eigenvalue weighted by Gasteiger charge is 2.44. The first-order valence-electron chi connectivity index (χ1n) is 7.41. The molecule has 9 heteroatoms. The predicted octanol–water partition coefficient (Wildman–Crippen LogP) is 0.345. The number of ether oxygens (including phenoxy) is 1. The van der Waals surface area contributed by atoms with Gasteiger partial charge in [0.15, 0.2) is 5.54 Å². The molecule has 1 aliphatic rings. The van der Waals surface area contributed by atoms with Crippen molar-refractivity contribution in [1.82, 2.24) is 15.1 Å². The monoisotopic (exact) mass is 347 g/mol. The van der Waals surface area contributed by atoms with Crippen molar-refractivity contribution < 1.29 is 23.8 Å². The van der Waals surface area contributed by atoms with E-state index in [9.17, 15) is 23.9 Å². The van der Waals surface area contributed by atoms with Crippen molar-refractivity contribution in [2.45, 2.75) is 12.0 Å². The van der Waals surface area contributed by atoms with Crippen molar-refractivity contribution >= 4 is 11.9 Å². The first-order chi connectivity index (χ1) is 11.9. The summed E-state index contributed by atoms with van der Waals surface area (Å²) in [5, 5.41) is 15.7. The van der Waals surface area contributed by atoms with Crippen LogP contribution in [0.1, 0.15) is 16.9 Å². The van der Waals surface area contributed by atoms with E-state index < -0.39 is 28.8 Å². The fourth-order valence-corrected chi connectivity index (χ4v) is 2.47. The molecular weight excluding hydrogens is 333 g/mol. The van der Waals surface area contributed by atoms with E-state index in [1.807, 2.05) is 0 Å². The molecule has 1 saturated heterocycles. The van der Waals surface area contributed by atoms with Gasteiger partial charge in [-0.3, -0.25) is 9.59 Å². The van der Waals surface area contributed by atoms with E-state index in [2.05, 4.69) is 10.4 Å². The summed E-state index contributed by atoms with van der Waals surface area (Å²) >= 11 is 0. The molecule has 2 aromatic rings. The number of benzene rings is 1. The van der Waals surface area contributed by atoms with Crippen LogP contribution >= 0.6 is 0 Å². The predicted molar refractivity (Wildman–Crippen MR) is 83.1 cm³/mol. The lowest BCUT2D eigenvalue weighted by molar-refractivity contribution is -0.144. The topological polar surface area (TPSA) is 111 Å². The number of rotatable bonds is 4. The third-order valence-corrected chi connectivity index (χ3v) is 3.89. The van der Waals surface area contributed by atoms with Gasteiger partial charge in [0.2, 0.25) is 0 Å². The number of carboxylic acids is 1. The first-order valence-corrected chi connectivity index (χ1v) is 7.41. The van der Waals surface area contributed by atoms with Crippen LogP contribution < -0.4 is 10.9 Å². The number of carbonyl (C=O) groups excluding carboxylic acids is 1. The van der Waals surface area contributed by atoms with E-state index in [0.29, 0.717) is 0 Å². The Balaban J connectivity index is 1.91. The second-order valence-corrected chi connectivity index (χ2v) is 5.59. The van der Waals surface area contributed by atoms with Gasteiger partial charge in [0.1, 0.15) is 11.5 Å². The van der Waals surface area contributed by atoms with Crippen molar-refractivity contribution in [3.05, 3.63) is 58.3 Å². The third-order valence-electron chi connectivity index (χ3n) is 3.89. The fraction of sp³-hybridized carbons (Fsp3) is 0.250. The van der Waals surface area contributed by atoms with E-state index in [4.69, 9.17) is 4.74 Å². The number of hydrogen-bond donors (Lipinski definition) is 2. The Bertz CT molecular complexity index is 872. The minimum Gasteiger partial charge on any atom is -0.479 e. The Labute approximate surface area is 140 Å². The van der Waals surface area contributed by atoms with Crippen LogP contribution in [0.2, 0.25) is 0 Å². The molecule has 1 aromatic heterocycles. The zero-order chi connectivity index (χ0) is 18.0. The summed E-state index contributed by atoms with van der Waals surface area (Å²) in [6.45, 7) is 0.0702. The molecule has 0 aliphatic carbocycles. The second-order valence-electron chi connectivity index (χ2n) is 5.59. The average Bonchev–Trinajstić information content (AvgIpc) is 3.06. The van der Waals surface area contributed by atoms with Crippen LogP contribution in [0.15, 0.2) is 41.2 Å². The highest BCUT2D eigenvalue weighted by Crippen LogP contribution is 2.19. The number of nitrogens with one attached hydrogen (secondary N) is 1. The van der Waals surface area contributed by atoms with Crippen LogP contribution in [0, 0.1) is 5.82 Å². The first kappa shape index (κ1) is 16.8. The van der Waals surface area contributed by atoms with Crippen LogP contribution in [0.4, 0.5) is 4.39 Å². The molecule has 2 heterocycles. The SMILES string of the molecule is O=C(NC1(C(=O)O)CCOC1)c1ccc(=O)n(-c2ccc(F)cc2)n1. The highest BCUT2D eigenvalue weighted by atomic mass is 19.1. The van der Waals surface area contributed by atoms with Gasteiger partial charge in [0.25, 0.3) is 11.5 Å². The molecule has 1 amide bonds. The van der Waals surface area contributed by atoms with Gasteiger partial charge in [0, 0.05) is 19.1 Å². The van der Waals surface area contributed by atoms with Crippen LogP contribution in [0.3, 0.4) is 0 Å². The Kier molecular flexibility index (Phi) is 4.32. The molecule has 130 valence electrons. The summed E-state index contributed by atoms with van der Waals surface area (Å²) in [7, 11) is 0. The fourth-order valence-electron chi connectivity index (χ4n) is 2.47. The molecule has 1 unspecified atom stereocenters. The number of nitrogens with zero attached hydrogens (tertiary/aromatic N) is 2. The number of halogens is 1. The standard InChI is InChI=1S/C16H14FN3O5/c17-10-1-3-11(4-2-10)20-13(21)6-5-12(19-20)14(22)18-16(15(23)24)7-8-25-9-16/h1-6H,7-9H2,(H,18,22)(H,23,24). The van der Waals surface area contributed by atoms with Gasteiger partial charge in [-0.25, -0.2) is 9.18 Å². The van der Waals surface area contributed by atoms with Crippen LogP contribution in [-0.4, -0.2) is 45.5 Å². The average molecular weight is 347 g/mol. The normalized spacial score (nSPS) is 19.6. The molecule has 1 atom stereocenters. The highest BCUT2D eigenvalue weighted by molar-refractivity contribution is 5.96. The van der Waals surface area contributed by atoms with Gasteiger partial charge in [-0.15, -0.1) is 0 Å². The Morgan fingerprint density at radius 1 is 1.24 bits per heavy atom. The number of amides is 1. The summed E-state index contributed by atoms with van der Waals surface area (Å²) in [6.07, 6.45) is 0.131. The molecule has 3 rings (SSSR count). The molecular formula is C16H14FN3O5. The lowest BCUT2D eigenvalue weighted by atomic mass is 9.99. The van der Waals surface area contributed by atoms with Crippen molar-refractivity contribution in [3.63, 3.8) is 0 Å². The van der Waals surface area contributed by atoms with Crippen molar-refractivity contribution in [1.29, 1.82) is 0 Å². The molecule has 0 spiro atoms. The smallest absolute Gasteiger partial charge is 0.331 e. The number of carboxylic acid groups (broad SMARTS) is 1. The number of aliphatic carboxylic acids is 1. The summed E-state index contributed by atoms with van der Waals surface area (Å²) < 4.78 is 19.0. The van der Waals surface area contributed by atoms with E-state index in [0.717, 1.165) is 22.9 Å². The Hall–Kier alpha value is -3.07. The van der Waals surface area contributed by atoms with E-state index >= 15 is 0 Å². The molecule has 0 bridgehead atoms.